The van der Waals surface area contributed by atoms with E-state index in [1.165, 1.54) is 0 Å². The van der Waals surface area contributed by atoms with E-state index in [0.29, 0.717) is 23.3 Å². The molecule has 0 spiro atoms. The van der Waals surface area contributed by atoms with Gasteiger partial charge in [-0.1, -0.05) is 29.7 Å². The standard InChI is InChI=1S/C19H18BN3O3/c1-25-12-5-2-10(3-6-12)8-14(21)18-22-16-13-9-11(20)4-7-15(13)26-17(16)19(24)23-18/h2-7,9,14H,8,20-21H2,1H3,(H,22,23,24). The Labute approximate surface area is 150 Å². The first kappa shape index (κ1) is 16.4. The smallest absolute Gasteiger partial charge is 0.294 e. The van der Waals surface area contributed by atoms with Crippen LogP contribution < -0.4 is 21.5 Å². The van der Waals surface area contributed by atoms with Gasteiger partial charge in [-0.25, -0.2) is 4.98 Å². The molecule has 0 saturated heterocycles. The zero-order chi connectivity index (χ0) is 18.3. The van der Waals surface area contributed by atoms with Crippen LogP contribution in [0.2, 0.25) is 0 Å². The molecule has 130 valence electrons. The molecule has 2 aromatic heterocycles. The minimum Gasteiger partial charge on any atom is -0.497 e. The molecule has 26 heavy (non-hydrogen) atoms. The Bertz CT molecular complexity index is 1150. The van der Waals surface area contributed by atoms with Gasteiger partial charge in [0.05, 0.1) is 13.2 Å². The number of nitrogens with two attached hydrogens (primary N) is 1. The maximum absolute atomic E-state index is 12.4. The van der Waals surface area contributed by atoms with Gasteiger partial charge in [-0.15, -0.1) is 0 Å². The highest BCUT2D eigenvalue weighted by Gasteiger charge is 2.17. The van der Waals surface area contributed by atoms with Gasteiger partial charge in [-0.2, -0.15) is 0 Å². The van der Waals surface area contributed by atoms with Crippen molar-refractivity contribution in [1.29, 1.82) is 0 Å². The number of rotatable bonds is 4. The lowest BCUT2D eigenvalue weighted by Gasteiger charge is -2.11. The summed E-state index contributed by atoms with van der Waals surface area (Å²) in [5.41, 5.74) is 9.52. The highest BCUT2D eigenvalue weighted by molar-refractivity contribution is 6.33. The van der Waals surface area contributed by atoms with Crippen LogP contribution in [-0.2, 0) is 6.42 Å². The molecule has 0 amide bonds. The molecule has 0 fully saturated rings. The number of benzene rings is 2. The van der Waals surface area contributed by atoms with Crippen molar-refractivity contribution in [2.24, 2.45) is 5.73 Å². The zero-order valence-corrected chi connectivity index (χ0v) is 14.6. The Balaban J connectivity index is 1.74. The molecule has 4 rings (SSSR count). The molecule has 0 aliphatic heterocycles. The van der Waals surface area contributed by atoms with Gasteiger partial charge in [0.25, 0.3) is 5.56 Å². The van der Waals surface area contributed by atoms with E-state index in [2.05, 4.69) is 9.97 Å². The molecular formula is C19H18BN3O3. The summed E-state index contributed by atoms with van der Waals surface area (Å²) >= 11 is 0. The number of aromatic nitrogens is 2. The van der Waals surface area contributed by atoms with Crippen molar-refractivity contribution in [3.05, 3.63) is 64.2 Å². The number of ether oxygens (including phenoxy) is 1. The molecule has 0 radical (unpaired) electrons. The first-order chi connectivity index (χ1) is 12.5. The predicted molar refractivity (Wildman–Crippen MR) is 104 cm³/mol. The Morgan fingerprint density at radius 3 is 2.77 bits per heavy atom. The van der Waals surface area contributed by atoms with Crippen LogP contribution in [0.3, 0.4) is 0 Å². The van der Waals surface area contributed by atoms with Crippen molar-refractivity contribution in [3.63, 3.8) is 0 Å². The van der Waals surface area contributed by atoms with Crippen molar-refractivity contribution in [2.75, 3.05) is 7.11 Å². The monoisotopic (exact) mass is 347 g/mol. The summed E-state index contributed by atoms with van der Waals surface area (Å²) in [5.74, 6) is 1.23. The summed E-state index contributed by atoms with van der Waals surface area (Å²) in [4.78, 5) is 19.8. The van der Waals surface area contributed by atoms with Crippen molar-refractivity contribution < 1.29 is 9.15 Å². The van der Waals surface area contributed by atoms with Crippen LogP contribution in [0.4, 0.5) is 0 Å². The minimum absolute atomic E-state index is 0.228. The van der Waals surface area contributed by atoms with Gasteiger partial charge in [0, 0.05) is 5.39 Å². The number of nitrogens with one attached hydrogen (secondary N) is 1. The molecule has 7 heteroatoms. The maximum Gasteiger partial charge on any atom is 0.294 e. The normalized spacial score (nSPS) is 12.5. The molecular weight excluding hydrogens is 329 g/mol. The van der Waals surface area contributed by atoms with Crippen LogP contribution in [0, 0.1) is 0 Å². The fourth-order valence-electron chi connectivity index (χ4n) is 3.07. The van der Waals surface area contributed by atoms with Crippen LogP contribution in [-0.4, -0.2) is 24.9 Å². The van der Waals surface area contributed by atoms with Crippen molar-refractivity contribution in [3.8, 4) is 5.75 Å². The second-order valence-electron chi connectivity index (χ2n) is 6.39. The van der Waals surface area contributed by atoms with Crippen molar-refractivity contribution in [2.45, 2.75) is 12.5 Å². The highest BCUT2D eigenvalue weighted by Crippen LogP contribution is 2.25. The molecule has 0 bridgehead atoms. The Kier molecular flexibility index (Phi) is 4.01. The Morgan fingerprint density at radius 2 is 2.04 bits per heavy atom. The van der Waals surface area contributed by atoms with Gasteiger partial charge < -0.3 is 19.9 Å². The van der Waals surface area contributed by atoms with Crippen molar-refractivity contribution in [1.82, 2.24) is 9.97 Å². The molecule has 1 unspecified atom stereocenters. The predicted octanol–water partition coefficient (Wildman–Crippen LogP) is 1.18. The van der Waals surface area contributed by atoms with E-state index >= 15 is 0 Å². The number of methoxy groups -OCH3 is 1. The number of hydrogen-bond acceptors (Lipinski definition) is 5. The number of furan rings is 1. The van der Waals surface area contributed by atoms with E-state index in [-0.39, 0.29) is 11.1 Å². The number of fused-ring (bicyclic) bond motifs is 3. The Hall–Kier alpha value is -3.06. The van der Waals surface area contributed by atoms with Crippen molar-refractivity contribution >= 4 is 35.4 Å². The van der Waals surface area contributed by atoms with Gasteiger partial charge in [0.1, 0.15) is 30.5 Å². The fraction of sp³-hybridized carbons (Fsp3) is 0.158. The zero-order valence-electron chi connectivity index (χ0n) is 14.6. The summed E-state index contributed by atoms with van der Waals surface area (Å²) in [6.07, 6.45) is 0.549. The lowest BCUT2D eigenvalue weighted by Crippen LogP contribution is -2.21. The summed E-state index contributed by atoms with van der Waals surface area (Å²) in [6, 6.07) is 13.0. The summed E-state index contributed by atoms with van der Waals surface area (Å²) < 4.78 is 10.8. The van der Waals surface area contributed by atoms with Crippen LogP contribution in [0.15, 0.2) is 51.7 Å². The van der Waals surface area contributed by atoms with E-state index in [9.17, 15) is 4.79 Å². The number of hydrogen-bond donors (Lipinski definition) is 2. The van der Waals surface area contributed by atoms with Gasteiger partial charge >= 0.3 is 0 Å². The summed E-state index contributed by atoms with van der Waals surface area (Å²) in [6.45, 7) is 0. The third kappa shape index (κ3) is 2.86. The largest absolute Gasteiger partial charge is 0.497 e. The topological polar surface area (TPSA) is 94.1 Å². The first-order valence-corrected chi connectivity index (χ1v) is 8.37. The van der Waals surface area contributed by atoms with Gasteiger partial charge in [-0.05, 0) is 30.2 Å². The fourth-order valence-corrected chi connectivity index (χ4v) is 3.07. The number of nitrogens with zero attached hydrogens (tertiary/aromatic N) is 1. The van der Waals surface area contributed by atoms with Gasteiger partial charge in [0.2, 0.25) is 5.58 Å². The first-order valence-electron chi connectivity index (χ1n) is 8.37. The van der Waals surface area contributed by atoms with Crippen LogP contribution in [0.1, 0.15) is 17.4 Å². The molecule has 6 nitrogen and oxygen atoms in total. The van der Waals surface area contributed by atoms with Crippen LogP contribution in [0.25, 0.3) is 22.1 Å². The lowest BCUT2D eigenvalue weighted by molar-refractivity contribution is 0.414. The second kappa shape index (κ2) is 6.35. The van der Waals surface area contributed by atoms with Gasteiger partial charge in [-0.3, -0.25) is 4.79 Å². The molecule has 0 saturated carbocycles. The van der Waals surface area contributed by atoms with E-state index in [1.807, 2.05) is 50.3 Å². The van der Waals surface area contributed by atoms with Gasteiger partial charge in [0.15, 0.2) is 0 Å². The molecule has 4 aromatic rings. The molecule has 2 aromatic carbocycles. The highest BCUT2D eigenvalue weighted by atomic mass is 16.5. The maximum atomic E-state index is 12.4. The third-order valence-corrected chi connectivity index (χ3v) is 4.46. The SMILES string of the molecule is Bc1ccc2oc3c(=O)[nH]c(C(N)Cc4ccc(OC)cc4)nc3c2c1. The molecule has 0 aliphatic carbocycles. The van der Waals surface area contributed by atoms with E-state index in [0.717, 1.165) is 22.2 Å². The van der Waals surface area contributed by atoms with Crippen LogP contribution >= 0.6 is 0 Å². The lowest BCUT2D eigenvalue weighted by atomic mass is 9.95. The molecule has 3 N–H and O–H groups in total. The molecule has 1 atom stereocenters. The van der Waals surface area contributed by atoms with Crippen LogP contribution in [0.5, 0.6) is 5.75 Å². The quantitative estimate of drug-likeness (QED) is 0.541. The van der Waals surface area contributed by atoms with E-state index < -0.39 is 6.04 Å². The summed E-state index contributed by atoms with van der Waals surface area (Å²) in [7, 11) is 3.61. The minimum atomic E-state index is -0.435. The molecule has 2 heterocycles. The van der Waals surface area contributed by atoms with E-state index in [1.54, 1.807) is 7.11 Å². The van der Waals surface area contributed by atoms with E-state index in [4.69, 9.17) is 14.9 Å². The molecule has 0 aliphatic rings. The Morgan fingerprint density at radius 1 is 1.27 bits per heavy atom. The summed E-state index contributed by atoms with van der Waals surface area (Å²) in [5, 5.41) is 0.823. The number of H-pyrrole nitrogens is 1. The second-order valence-corrected chi connectivity index (χ2v) is 6.39. The number of aromatic amines is 1. The third-order valence-electron chi connectivity index (χ3n) is 4.46. The average Bonchev–Trinajstić information content (AvgIpc) is 3.01. The average molecular weight is 347 g/mol.